The van der Waals surface area contributed by atoms with E-state index in [-0.39, 0.29) is 19.0 Å². The number of aromatic nitrogens is 1. The second-order valence-electron chi connectivity index (χ2n) is 8.75. The van der Waals surface area contributed by atoms with E-state index in [1.54, 1.807) is 19.9 Å². The summed E-state index contributed by atoms with van der Waals surface area (Å²) in [5, 5.41) is 7.42. The molecule has 0 unspecified atom stereocenters. The Kier molecular flexibility index (Phi) is 9.16. The number of anilines is 1. The second-order valence-corrected chi connectivity index (χ2v) is 9.15. The second kappa shape index (κ2) is 12.9. The number of esters is 1. The van der Waals surface area contributed by atoms with E-state index >= 15 is 0 Å². The monoisotopic (exact) mass is 532 g/mol. The Labute approximate surface area is 226 Å². The van der Waals surface area contributed by atoms with Gasteiger partial charge in [-0.05, 0) is 48.6 Å². The number of carbonyl (C=O) groups is 2. The summed E-state index contributed by atoms with van der Waals surface area (Å²) in [6.45, 7) is 4.12. The summed E-state index contributed by atoms with van der Waals surface area (Å²) in [5.74, 6) is 0.234. The van der Waals surface area contributed by atoms with Crippen LogP contribution in [0.4, 0.5) is 10.5 Å². The maximum atomic E-state index is 12.4. The molecule has 1 aromatic heterocycles. The van der Waals surface area contributed by atoms with Gasteiger partial charge in [0.2, 0.25) is 0 Å². The average molecular weight is 533 g/mol. The van der Waals surface area contributed by atoms with E-state index in [1.807, 2.05) is 66.7 Å². The van der Waals surface area contributed by atoms with Gasteiger partial charge in [-0.25, -0.2) is 4.79 Å². The number of nitrogens with one attached hydrogen (secondary N) is 1. The van der Waals surface area contributed by atoms with Crippen molar-refractivity contribution in [2.24, 2.45) is 0 Å². The molecule has 0 saturated heterocycles. The Hall–Kier alpha value is -4.10. The fourth-order valence-corrected chi connectivity index (χ4v) is 4.20. The zero-order valence-electron chi connectivity index (χ0n) is 21.3. The molecule has 0 bridgehead atoms. The minimum absolute atomic E-state index is 0.188. The largest absolute Gasteiger partial charge is 0.466 e. The predicted molar refractivity (Wildman–Crippen MR) is 146 cm³/mol. The molecule has 1 heterocycles. The fraction of sp³-hybridized carbons (Fsp3) is 0.233. The Morgan fingerprint density at radius 1 is 0.921 bits per heavy atom. The van der Waals surface area contributed by atoms with Gasteiger partial charge in [-0.3, -0.25) is 10.1 Å². The van der Waals surface area contributed by atoms with E-state index in [9.17, 15) is 9.59 Å². The maximum absolute atomic E-state index is 12.4. The molecule has 0 aliphatic rings. The number of amides is 1. The summed E-state index contributed by atoms with van der Waals surface area (Å²) in [4.78, 5) is 24.1. The molecule has 8 heteroatoms. The van der Waals surface area contributed by atoms with E-state index in [0.717, 1.165) is 34.2 Å². The third-order valence-corrected chi connectivity index (χ3v) is 6.32. The molecule has 0 radical (unpaired) electrons. The number of benzene rings is 3. The van der Waals surface area contributed by atoms with Crippen LogP contribution in [0.2, 0.25) is 5.02 Å². The first-order valence-corrected chi connectivity index (χ1v) is 12.8. The first-order valence-electron chi connectivity index (χ1n) is 12.4. The van der Waals surface area contributed by atoms with Crippen LogP contribution in [0.1, 0.15) is 34.9 Å². The van der Waals surface area contributed by atoms with Crippen molar-refractivity contribution >= 4 is 29.4 Å². The van der Waals surface area contributed by atoms with Crippen molar-refractivity contribution in [2.75, 3.05) is 18.5 Å². The van der Waals surface area contributed by atoms with Crippen LogP contribution in [-0.4, -0.2) is 30.4 Å². The number of halogens is 1. The van der Waals surface area contributed by atoms with E-state index < -0.39 is 6.09 Å². The van der Waals surface area contributed by atoms with E-state index in [4.69, 9.17) is 25.6 Å². The number of carbonyl (C=O) groups excluding carboxylic acids is 2. The quantitative estimate of drug-likeness (QED) is 0.226. The van der Waals surface area contributed by atoms with Crippen LogP contribution in [0.3, 0.4) is 0 Å². The Balaban J connectivity index is 1.35. The van der Waals surface area contributed by atoms with Crippen LogP contribution in [-0.2, 0) is 33.5 Å². The van der Waals surface area contributed by atoms with Crippen molar-refractivity contribution in [3.63, 3.8) is 0 Å². The summed E-state index contributed by atoms with van der Waals surface area (Å²) < 4.78 is 15.9. The van der Waals surface area contributed by atoms with Crippen LogP contribution in [0.25, 0.3) is 11.3 Å². The molecule has 0 saturated carbocycles. The van der Waals surface area contributed by atoms with Crippen LogP contribution >= 0.6 is 11.6 Å². The standard InChI is InChI=1S/C30H29ClN2O5/c1-3-36-27(34)19-23-10-8-21(9-11-23)18-22-12-14-25(15-13-22)29-28(20(2)33-38-29)32-30(35)37-17-16-24-6-4-5-7-26(24)31/h4-15H,3,16-19H2,1-2H3,(H,32,35). The van der Waals surface area contributed by atoms with Gasteiger partial charge in [0.05, 0.1) is 19.6 Å². The number of hydrogen-bond acceptors (Lipinski definition) is 6. The number of rotatable bonds is 10. The van der Waals surface area contributed by atoms with Gasteiger partial charge in [-0.15, -0.1) is 0 Å². The molecule has 0 aliphatic carbocycles. The Bertz CT molecular complexity index is 1380. The Morgan fingerprint density at radius 3 is 2.26 bits per heavy atom. The molecule has 0 aliphatic heterocycles. The van der Waals surface area contributed by atoms with Crippen LogP contribution in [0.5, 0.6) is 0 Å². The number of ether oxygens (including phenoxy) is 2. The van der Waals surface area contributed by atoms with Gasteiger partial charge in [0, 0.05) is 17.0 Å². The Morgan fingerprint density at radius 2 is 1.58 bits per heavy atom. The van der Waals surface area contributed by atoms with E-state index in [1.165, 1.54) is 0 Å². The normalized spacial score (nSPS) is 10.7. The van der Waals surface area contributed by atoms with Gasteiger partial charge in [0.25, 0.3) is 0 Å². The van der Waals surface area contributed by atoms with E-state index in [0.29, 0.717) is 35.2 Å². The SMILES string of the molecule is CCOC(=O)Cc1ccc(Cc2ccc(-c3onc(C)c3NC(=O)OCCc3ccccc3Cl)cc2)cc1. The van der Waals surface area contributed by atoms with Crippen molar-refractivity contribution in [2.45, 2.75) is 33.1 Å². The molecule has 4 aromatic rings. The summed E-state index contributed by atoms with van der Waals surface area (Å²) >= 11 is 6.16. The lowest BCUT2D eigenvalue weighted by Crippen LogP contribution is -2.16. The van der Waals surface area contributed by atoms with E-state index in [2.05, 4.69) is 10.5 Å². The minimum atomic E-state index is -0.590. The molecule has 1 amide bonds. The summed E-state index contributed by atoms with van der Waals surface area (Å²) in [6, 6.07) is 23.2. The maximum Gasteiger partial charge on any atom is 0.411 e. The lowest BCUT2D eigenvalue weighted by atomic mass is 10.0. The van der Waals surface area contributed by atoms with Crippen molar-refractivity contribution in [1.82, 2.24) is 5.16 Å². The topological polar surface area (TPSA) is 90.7 Å². The molecule has 1 N–H and O–H groups in total. The molecule has 0 fully saturated rings. The molecular formula is C30H29ClN2O5. The molecule has 0 atom stereocenters. The van der Waals surface area contributed by atoms with Crippen molar-refractivity contribution in [3.8, 4) is 11.3 Å². The zero-order chi connectivity index (χ0) is 26.9. The summed E-state index contributed by atoms with van der Waals surface area (Å²) in [6.07, 6.45) is 0.925. The lowest BCUT2D eigenvalue weighted by molar-refractivity contribution is -0.142. The van der Waals surface area contributed by atoms with Gasteiger partial charge in [-0.2, -0.15) is 0 Å². The molecule has 196 valence electrons. The third kappa shape index (κ3) is 7.23. The molecule has 38 heavy (non-hydrogen) atoms. The summed E-state index contributed by atoms with van der Waals surface area (Å²) in [7, 11) is 0. The first-order chi connectivity index (χ1) is 18.4. The van der Waals surface area contributed by atoms with Crippen LogP contribution in [0.15, 0.2) is 77.3 Å². The highest BCUT2D eigenvalue weighted by Gasteiger charge is 2.18. The smallest absolute Gasteiger partial charge is 0.411 e. The van der Waals surface area contributed by atoms with Gasteiger partial charge in [0.15, 0.2) is 5.76 Å². The number of aryl methyl sites for hydroxylation is 1. The average Bonchev–Trinajstić information content (AvgIpc) is 3.26. The van der Waals surface area contributed by atoms with Crippen molar-refractivity contribution in [1.29, 1.82) is 0 Å². The molecule has 4 rings (SSSR count). The first kappa shape index (κ1) is 26.9. The molecule has 3 aromatic carbocycles. The number of nitrogens with zero attached hydrogens (tertiary/aromatic N) is 1. The third-order valence-electron chi connectivity index (χ3n) is 5.95. The van der Waals surface area contributed by atoms with Gasteiger partial charge in [-0.1, -0.05) is 83.5 Å². The van der Waals surface area contributed by atoms with Crippen molar-refractivity contribution in [3.05, 3.63) is 106 Å². The van der Waals surface area contributed by atoms with Crippen LogP contribution < -0.4 is 5.32 Å². The van der Waals surface area contributed by atoms with Crippen LogP contribution in [0, 0.1) is 6.92 Å². The highest BCUT2D eigenvalue weighted by molar-refractivity contribution is 6.31. The van der Waals surface area contributed by atoms with Crippen molar-refractivity contribution < 1.29 is 23.6 Å². The zero-order valence-corrected chi connectivity index (χ0v) is 22.1. The summed E-state index contributed by atoms with van der Waals surface area (Å²) in [5.41, 5.74) is 5.87. The molecule has 0 spiro atoms. The highest BCUT2D eigenvalue weighted by Crippen LogP contribution is 2.31. The number of hydrogen-bond donors (Lipinski definition) is 1. The van der Waals surface area contributed by atoms with Gasteiger partial charge < -0.3 is 14.0 Å². The van der Waals surface area contributed by atoms with Gasteiger partial charge >= 0.3 is 12.1 Å². The lowest BCUT2D eigenvalue weighted by Gasteiger charge is -2.09. The fourth-order valence-electron chi connectivity index (χ4n) is 3.97. The molecular weight excluding hydrogens is 504 g/mol. The predicted octanol–water partition coefficient (Wildman–Crippen LogP) is 6.79. The highest BCUT2D eigenvalue weighted by atomic mass is 35.5. The minimum Gasteiger partial charge on any atom is -0.466 e. The molecule has 7 nitrogen and oxygen atoms in total. The van der Waals surface area contributed by atoms with Gasteiger partial charge in [0.1, 0.15) is 11.4 Å².